The molecule has 0 amide bonds. The van der Waals surface area contributed by atoms with Crippen LogP contribution in [-0.2, 0) is 0 Å². The van der Waals surface area contributed by atoms with E-state index in [1.807, 2.05) is 24.3 Å². The van der Waals surface area contributed by atoms with Crippen molar-refractivity contribution < 1.29 is 9.47 Å². The molecule has 0 spiro atoms. The number of nitrogens with zero attached hydrogens (tertiary/aromatic N) is 2. The predicted octanol–water partition coefficient (Wildman–Crippen LogP) is 2.43. The Hall–Kier alpha value is -1.79. The van der Waals surface area contributed by atoms with Crippen molar-refractivity contribution in [2.75, 3.05) is 19.0 Å². The molecular formula is C15H17N3O2S. The average Bonchev–Trinajstić information content (AvgIpc) is 2.78. The number of fused-ring (bicyclic) bond motifs is 1. The van der Waals surface area contributed by atoms with E-state index in [9.17, 15) is 0 Å². The molecule has 110 valence electrons. The molecule has 2 heterocycles. The summed E-state index contributed by atoms with van der Waals surface area (Å²) < 4.78 is 11.3. The van der Waals surface area contributed by atoms with Crippen molar-refractivity contribution >= 4 is 11.8 Å². The molecule has 0 aliphatic carbocycles. The number of nitrogens with two attached hydrogens (primary N) is 1. The summed E-state index contributed by atoms with van der Waals surface area (Å²) in [6.07, 6.45) is 4.18. The first-order valence-corrected chi connectivity index (χ1v) is 7.85. The van der Waals surface area contributed by atoms with E-state index in [0.717, 1.165) is 34.3 Å². The van der Waals surface area contributed by atoms with Crippen molar-refractivity contribution in [2.45, 2.75) is 17.5 Å². The predicted molar refractivity (Wildman–Crippen MR) is 81.7 cm³/mol. The molecule has 1 aliphatic heterocycles. The van der Waals surface area contributed by atoms with E-state index in [1.165, 1.54) is 0 Å². The summed E-state index contributed by atoms with van der Waals surface area (Å²) in [6.45, 7) is 1.38. The molecule has 0 bridgehead atoms. The maximum Gasteiger partial charge on any atom is 0.161 e. The number of benzene rings is 1. The van der Waals surface area contributed by atoms with Gasteiger partial charge in [0, 0.05) is 24.4 Å². The lowest BCUT2D eigenvalue weighted by Crippen LogP contribution is -2.13. The maximum atomic E-state index is 6.25. The van der Waals surface area contributed by atoms with Crippen molar-refractivity contribution in [1.29, 1.82) is 0 Å². The van der Waals surface area contributed by atoms with Crippen LogP contribution in [-0.4, -0.2) is 28.9 Å². The number of aromatic nitrogens is 2. The fraction of sp³-hybridized carbons (Fsp3) is 0.333. The highest BCUT2D eigenvalue weighted by Gasteiger charge is 2.14. The summed E-state index contributed by atoms with van der Waals surface area (Å²) in [5.74, 6) is 2.33. The number of rotatable bonds is 4. The van der Waals surface area contributed by atoms with Gasteiger partial charge in [-0.05, 0) is 23.8 Å². The monoisotopic (exact) mass is 303 g/mol. The van der Waals surface area contributed by atoms with Crippen LogP contribution in [0.5, 0.6) is 11.5 Å². The van der Waals surface area contributed by atoms with E-state index in [1.54, 1.807) is 24.3 Å². The minimum absolute atomic E-state index is 0.0814. The van der Waals surface area contributed by atoms with Crippen molar-refractivity contribution in [3.8, 4) is 11.5 Å². The molecular weight excluding hydrogens is 286 g/mol. The van der Waals surface area contributed by atoms with Crippen LogP contribution in [0.1, 0.15) is 18.0 Å². The van der Waals surface area contributed by atoms with Gasteiger partial charge in [0.05, 0.1) is 18.2 Å². The van der Waals surface area contributed by atoms with Gasteiger partial charge in [-0.1, -0.05) is 6.07 Å². The van der Waals surface area contributed by atoms with Gasteiger partial charge in [-0.2, -0.15) is 0 Å². The molecule has 2 aromatic rings. The quantitative estimate of drug-likeness (QED) is 0.691. The Bertz CT molecular complexity index is 595. The fourth-order valence-corrected chi connectivity index (χ4v) is 2.87. The van der Waals surface area contributed by atoms with Gasteiger partial charge in [0.25, 0.3) is 0 Å². The normalized spacial score (nSPS) is 15.3. The van der Waals surface area contributed by atoms with Gasteiger partial charge < -0.3 is 15.2 Å². The minimum Gasteiger partial charge on any atom is -0.490 e. The number of ether oxygens (including phenoxy) is 2. The standard InChI is InChI=1S/C15H17N3O2S/c16-12(9-21-15-4-5-17-10-18-15)11-2-3-13-14(8-11)20-7-1-6-19-13/h2-5,8,10,12H,1,6-7,9,16H2. The number of thioether (sulfide) groups is 1. The molecule has 6 heteroatoms. The third kappa shape index (κ3) is 3.65. The van der Waals surface area contributed by atoms with Gasteiger partial charge in [-0.3, -0.25) is 0 Å². The first-order chi connectivity index (χ1) is 10.3. The first-order valence-electron chi connectivity index (χ1n) is 6.87. The van der Waals surface area contributed by atoms with E-state index in [0.29, 0.717) is 13.2 Å². The molecule has 0 saturated heterocycles. The van der Waals surface area contributed by atoms with Gasteiger partial charge in [0.15, 0.2) is 11.5 Å². The summed E-state index contributed by atoms with van der Waals surface area (Å²) in [7, 11) is 0. The van der Waals surface area contributed by atoms with Crippen LogP contribution in [0.3, 0.4) is 0 Å². The summed E-state index contributed by atoms with van der Waals surface area (Å²) in [5, 5.41) is 0.926. The zero-order chi connectivity index (χ0) is 14.5. The Morgan fingerprint density at radius 2 is 2.05 bits per heavy atom. The summed E-state index contributed by atoms with van der Waals surface area (Å²) in [6, 6.07) is 7.71. The van der Waals surface area contributed by atoms with Crippen molar-refractivity contribution in [3.63, 3.8) is 0 Å². The Balaban J connectivity index is 1.67. The molecule has 5 nitrogen and oxygen atoms in total. The van der Waals surface area contributed by atoms with E-state index in [4.69, 9.17) is 15.2 Å². The topological polar surface area (TPSA) is 70.3 Å². The lowest BCUT2D eigenvalue weighted by Gasteiger charge is -2.14. The van der Waals surface area contributed by atoms with Crippen LogP contribution in [0.25, 0.3) is 0 Å². The zero-order valence-electron chi connectivity index (χ0n) is 11.6. The molecule has 1 atom stereocenters. The Morgan fingerprint density at radius 1 is 1.19 bits per heavy atom. The summed E-state index contributed by atoms with van der Waals surface area (Å²) in [4.78, 5) is 8.08. The van der Waals surface area contributed by atoms with Crippen LogP contribution >= 0.6 is 11.8 Å². The highest BCUT2D eigenvalue weighted by atomic mass is 32.2. The molecule has 21 heavy (non-hydrogen) atoms. The Labute approximate surface area is 127 Å². The first kappa shape index (κ1) is 14.2. The van der Waals surface area contributed by atoms with Crippen molar-refractivity contribution in [2.24, 2.45) is 5.73 Å². The van der Waals surface area contributed by atoms with Gasteiger partial charge in [-0.15, -0.1) is 11.8 Å². The molecule has 3 rings (SSSR count). The van der Waals surface area contributed by atoms with E-state index >= 15 is 0 Å². The van der Waals surface area contributed by atoms with E-state index < -0.39 is 0 Å². The fourth-order valence-electron chi connectivity index (χ4n) is 2.05. The van der Waals surface area contributed by atoms with Crippen LogP contribution in [0.15, 0.2) is 41.8 Å². The van der Waals surface area contributed by atoms with Crippen LogP contribution < -0.4 is 15.2 Å². The maximum absolute atomic E-state index is 6.25. The largest absolute Gasteiger partial charge is 0.490 e. The van der Waals surface area contributed by atoms with Crippen molar-refractivity contribution in [3.05, 3.63) is 42.4 Å². The van der Waals surface area contributed by atoms with Gasteiger partial charge >= 0.3 is 0 Å². The summed E-state index contributed by atoms with van der Waals surface area (Å²) >= 11 is 1.62. The Kier molecular flexibility index (Phi) is 4.57. The minimum atomic E-state index is -0.0814. The highest BCUT2D eigenvalue weighted by Crippen LogP contribution is 2.33. The second-order valence-corrected chi connectivity index (χ2v) is 5.76. The average molecular weight is 303 g/mol. The molecule has 0 saturated carbocycles. The van der Waals surface area contributed by atoms with Crippen molar-refractivity contribution in [1.82, 2.24) is 9.97 Å². The highest BCUT2D eigenvalue weighted by molar-refractivity contribution is 7.99. The zero-order valence-corrected chi connectivity index (χ0v) is 12.4. The Morgan fingerprint density at radius 3 is 2.86 bits per heavy atom. The van der Waals surface area contributed by atoms with Gasteiger partial charge in [0.2, 0.25) is 0 Å². The third-order valence-corrected chi connectivity index (χ3v) is 4.23. The molecule has 0 fully saturated rings. The molecule has 1 aromatic heterocycles. The number of hydrogen-bond acceptors (Lipinski definition) is 6. The lowest BCUT2D eigenvalue weighted by atomic mass is 10.1. The molecule has 1 aromatic carbocycles. The molecule has 0 radical (unpaired) electrons. The summed E-state index contributed by atoms with van der Waals surface area (Å²) in [5.41, 5.74) is 7.30. The lowest BCUT2D eigenvalue weighted by molar-refractivity contribution is 0.297. The SMILES string of the molecule is NC(CSc1ccncn1)c1ccc2c(c1)OCCCO2. The molecule has 2 N–H and O–H groups in total. The number of hydrogen-bond donors (Lipinski definition) is 1. The third-order valence-electron chi connectivity index (χ3n) is 3.17. The smallest absolute Gasteiger partial charge is 0.161 e. The van der Waals surface area contributed by atoms with Gasteiger partial charge in [0.1, 0.15) is 6.33 Å². The van der Waals surface area contributed by atoms with Crippen LogP contribution in [0.4, 0.5) is 0 Å². The van der Waals surface area contributed by atoms with E-state index in [2.05, 4.69) is 9.97 Å². The molecule has 1 aliphatic rings. The second kappa shape index (κ2) is 6.78. The second-order valence-electron chi connectivity index (χ2n) is 4.72. The van der Waals surface area contributed by atoms with Gasteiger partial charge in [-0.25, -0.2) is 9.97 Å². The van der Waals surface area contributed by atoms with E-state index in [-0.39, 0.29) is 6.04 Å². The van der Waals surface area contributed by atoms with Crippen LogP contribution in [0, 0.1) is 0 Å². The molecule has 1 unspecified atom stereocenters. The van der Waals surface area contributed by atoms with Crippen LogP contribution in [0.2, 0.25) is 0 Å².